The molecule has 3 atom stereocenters. The van der Waals surface area contributed by atoms with Crippen LogP contribution < -0.4 is 0 Å². The molecule has 0 N–H and O–H groups in total. The van der Waals surface area contributed by atoms with Crippen LogP contribution in [-0.2, 0) is 23.7 Å². The van der Waals surface area contributed by atoms with Gasteiger partial charge in [-0.15, -0.1) is 0 Å². The molecule has 2 heterocycles. The summed E-state index contributed by atoms with van der Waals surface area (Å²) in [5, 5.41) is 14.0. The number of nitrogens with zero attached hydrogens (tertiary/aromatic N) is 5. The Balaban J connectivity index is 1.62. The van der Waals surface area contributed by atoms with Crippen LogP contribution in [0.1, 0.15) is 31.7 Å². The average Bonchev–Trinajstić information content (AvgIpc) is 3.51. The first kappa shape index (κ1) is 23.1. The second kappa shape index (κ2) is 8.38. The molecule has 0 saturated carbocycles. The second-order valence-corrected chi connectivity index (χ2v) is 10.2. The first-order chi connectivity index (χ1) is 17.8. The molecule has 0 aliphatic heterocycles. The topological polar surface area (TPSA) is 76.5 Å². The predicted molar refractivity (Wildman–Crippen MR) is 138 cm³/mol. The van der Waals surface area contributed by atoms with Crippen LogP contribution in [0.25, 0.3) is 28.3 Å². The zero-order valence-electron chi connectivity index (χ0n) is 20.9. The molecule has 37 heavy (non-hydrogen) atoms. The number of benzene rings is 2. The van der Waals surface area contributed by atoms with Crippen molar-refractivity contribution in [2.24, 2.45) is 18.9 Å². The zero-order chi connectivity index (χ0) is 25.9. The Hall–Kier alpha value is -4.31. The van der Waals surface area contributed by atoms with Crippen LogP contribution in [0.4, 0.5) is 4.39 Å². The molecule has 2 aliphatic rings. The molecule has 6 nitrogen and oxygen atoms in total. The largest absolute Gasteiger partial charge is 0.296 e. The molecule has 6 rings (SSSR count). The Labute approximate surface area is 214 Å². The van der Waals surface area contributed by atoms with E-state index in [1.807, 2.05) is 59.6 Å². The maximum absolute atomic E-state index is 14.4. The molecule has 0 bridgehead atoms. The molecule has 7 heteroatoms. The van der Waals surface area contributed by atoms with Gasteiger partial charge in [-0.3, -0.25) is 14.0 Å². The molecule has 0 saturated heterocycles. The summed E-state index contributed by atoms with van der Waals surface area (Å²) < 4.78 is 18.3. The highest BCUT2D eigenvalue weighted by atomic mass is 19.1. The van der Waals surface area contributed by atoms with Gasteiger partial charge in [0.2, 0.25) is 0 Å². The third-order valence-corrected chi connectivity index (χ3v) is 8.10. The lowest BCUT2D eigenvalue weighted by molar-refractivity contribution is -0.121. The smallest absolute Gasteiger partial charge is 0.176 e. The van der Waals surface area contributed by atoms with E-state index in [4.69, 9.17) is 4.98 Å². The van der Waals surface area contributed by atoms with E-state index in [-0.39, 0.29) is 29.0 Å². The van der Waals surface area contributed by atoms with Crippen molar-refractivity contribution in [2.45, 2.75) is 32.1 Å². The molecule has 2 aromatic carbocycles. The first-order valence-electron chi connectivity index (χ1n) is 12.5. The van der Waals surface area contributed by atoms with Gasteiger partial charge >= 0.3 is 0 Å². The number of ketones is 1. The third kappa shape index (κ3) is 3.47. The highest BCUT2D eigenvalue weighted by molar-refractivity contribution is 6.02. The zero-order valence-corrected chi connectivity index (χ0v) is 20.9. The number of nitriles is 1. The number of aryl methyl sites for hydroxylation is 1. The number of carbonyl (C=O) groups is 1. The van der Waals surface area contributed by atoms with Gasteiger partial charge in [0.15, 0.2) is 5.78 Å². The quantitative estimate of drug-likeness (QED) is 0.376. The first-order valence-corrected chi connectivity index (χ1v) is 12.5. The Morgan fingerprint density at radius 1 is 1.14 bits per heavy atom. The summed E-state index contributed by atoms with van der Waals surface area (Å²) in [6.07, 6.45) is 5.06. The van der Waals surface area contributed by atoms with Crippen molar-refractivity contribution < 1.29 is 9.18 Å². The van der Waals surface area contributed by atoms with Gasteiger partial charge in [-0.25, -0.2) is 9.37 Å². The lowest BCUT2D eigenvalue weighted by atomic mass is 9.58. The van der Waals surface area contributed by atoms with Gasteiger partial charge in [-0.1, -0.05) is 44.2 Å². The molecule has 184 valence electrons. The molecular weight excluding hydrogens is 465 g/mol. The minimum absolute atomic E-state index is 0.0362. The second-order valence-electron chi connectivity index (χ2n) is 10.2. The van der Waals surface area contributed by atoms with Crippen molar-refractivity contribution in [2.75, 3.05) is 0 Å². The minimum Gasteiger partial charge on any atom is -0.296 e. The van der Waals surface area contributed by atoms with Gasteiger partial charge in [0, 0.05) is 41.4 Å². The summed E-state index contributed by atoms with van der Waals surface area (Å²) in [7, 11) is 1.90. The van der Waals surface area contributed by atoms with E-state index in [0.29, 0.717) is 17.9 Å². The number of Topliss-reactive ketones (excluding diaryl/α,β-unsaturated/α-hetero) is 1. The van der Waals surface area contributed by atoms with E-state index < -0.39 is 5.41 Å². The molecule has 0 unspecified atom stereocenters. The number of imidazole rings is 1. The minimum atomic E-state index is -0.584. The van der Waals surface area contributed by atoms with Gasteiger partial charge in [0.05, 0.1) is 22.6 Å². The van der Waals surface area contributed by atoms with Crippen molar-refractivity contribution in [3.8, 4) is 34.4 Å². The normalized spacial score (nSPS) is 22.7. The predicted octanol–water partition coefficient (Wildman–Crippen LogP) is 5.57. The lowest BCUT2D eigenvalue weighted by Crippen LogP contribution is -2.45. The molecule has 2 aromatic heterocycles. The van der Waals surface area contributed by atoms with Crippen molar-refractivity contribution >= 4 is 5.78 Å². The molecule has 0 fully saturated rings. The monoisotopic (exact) mass is 491 g/mol. The third-order valence-electron chi connectivity index (χ3n) is 8.10. The van der Waals surface area contributed by atoms with E-state index in [9.17, 15) is 14.4 Å². The summed E-state index contributed by atoms with van der Waals surface area (Å²) in [6.45, 7) is 4.00. The van der Waals surface area contributed by atoms with Crippen LogP contribution in [0, 0.1) is 29.0 Å². The van der Waals surface area contributed by atoms with E-state index in [1.54, 1.807) is 12.3 Å². The lowest BCUT2D eigenvalue weighted by Gasteiger charge is -2.44. The van der Waals surface area contributed by atoms with Gasteiger partial charge in [-0.2, -0.15) is 10.4 Å². The summed E-state index contributed by atoms with van der Waals surface area (Å²) in [4.78, 5) is 18.0. The van der Waals surface area contributed by atoms with Gasteiger partial charge in [0.25, 0.3) is 0 Å². The van der Waals surface area contributed by atoms with Crippen molar-refractivity contribution in [3.63, 3.8) is 0 Å². The van der Waals surface area contributed by atoms with Crippen LogP contribution in [0.15, 0.2) is 72.4 Å². The highest BCUT2D eigenvalue weighted by Gasteiger charge is 2.50. The maximum Gasteiger partial charge on any atom is 0.176 e. The summed E-state index contributed by atoms with van der Waals surface area (Å²) in [5.41, 5.74) is 5.00. The van der Waals surface area contributed by atoms with E-state index in [0.717, 1.165) is 34.6 Å². The Morgan fingerprint density at radius 2 is 1.92 bits per heavy atom. The number of fused-ring (bicyclic) bond motifs is 3. The molecule has 0 amide bonds. The van der Waals surface area contributed by atoms with Crippen molar-refractivity contribution in [3.05, 3.63) is 89.6 Å². The van der Waals surface area contributed by atoms with Crippen molar-refractivity contribution in [1.82, 2.24) is 19.3 Å². The van der Waals surface area contributed by atoms with Crippen LogP contribution in [0.5, 0.6) is 0 Å². The number of hydrogen-bond acceptors (Lipinski definition) is 4. The Bertz CT molecular complexity index is 1640. The van der Waals surface area contributed by atoms with E-state index in [1.165, 1.54) is 12.1 Å². The molecule has 0 radical (unpaired) electrons. The fourth-order valence-electron chi connectivity index (χ4n) is 6.28. The number of carbonyl (C=O) groups excluding carboxylic acids is 1. The van der Waals surface area contributed by atoms with Crippen LogP contribution >= 0.6 is 0 Å². The van der Waals surface area contributed by atoms with E-state index >= 15 is 0 Å². The summed E-state index contributed by atoms with van der Waals surface area (Å²) >= 11 is 0. The standard InChI is InChI=1S/C30H26FN5O/c1-18-24-10-11-26-28(30(24,2)16-21(17-32)27(18)37)34-29(36(26)23-9-5-8-22(31)15-23)20-7-4-6-19(14-20)25-12-13-33-35(25)3/h4-9,12-16,18,24H,10-11H2,1-3H3/t18-,24-,30-/m1/s1. The van der Waals surface area contributed by atoms with Crippen LogP contribution in [-0.4, -0.2) is 25.1 Å². The SMILES string of the molecule is C[C@H]1C(=O)C(C#N)=C[C@@]2(C)c3nc(-c4cccc(-c5ccnn5C)c4)n(-c4cccc(F)c4)c3CC[C@H]12. The van der Waals surface area contributed by atoms with Crippen LogP contribution in [0.2, 0.25) is 0 Å². The number of hydrogen-bond donors (Lipinski definition) is 0. The van der Waals surface area contributed by atoms with Gasteiger partial charge in [0.1, 0.15) is 17.7 Å². The van der Waals surface area contributed by atoms with Crippen molar-refractivity contribution in [1.29, 1.82) is 5.26 Å². The van der Waals surface area contributed by atoms with Gasteiger partial charge < -0.3 is 0 Å². The highest BCUT2D eigenvalue weighted by Crippen LogP contribution is 2.50. The summed E-state index contributed by atoms with van der Waals surface area (Å²) in [6, 6.07) is 18.7. The number of aromatic nitrogens is 4. The number of halogens is 1. The molecule has 0 spiro atoms. The number of rotatable bonds is 3. The molecule has 2 aliphatic carbocycles. The molecular formula is C30H26FN5O. The summed E-state index contributed by atoms with van der Waals surface area (Å²) in [5.74, 6) is 0.0563. The Kier molecular flexibility index (Phi) is 5.23. The fraction of sp³-hybridized carbons (Fsp3) is 0.267. The van der Waals surface area contributed by atoms with Crippen LogP contribution in [0.3, 0.4) is 0 Å². The maximum atomic E-state index is 14.4. The Morgan fingerprint density at radius 3 is 2.65 bits per heavy atom. The number of allylic oxidation sites excluding steroid dienone is 2. The average molecular weight is 492 g/mol. The van der Waals surface area contributed by atoms with Gasteiger partial charge in [-0.05, 0) is 49.1 Å². The molecule has 4 aromatic rings. The fourth-order valence-corrected chi connectivity index (χ4v) is 6.28. The van der Waals surface area contributed by atoms with E-state index in [2.05, 4.69) is 24.2 Å².